The first-order valence-electron chi connectivity index (χ1n) is 7.32. The lowest BCUT2D eigenvalue weighted by Crippen LogP contribution is -2.29. The Bertz CT molecular complexity index is 746. The van der Waals surface area contributed by atoms with Crippen molar-refractivity contribution in [3.05, 3.63) is 39.3 Å². The summed E-state index contributed by atoms with van der Waals surface area (Å²) in [5.74, 6) is -0.107. The van der Waals surface area contributed by atoms with E-state index in [4.69, 9.17) is 0 Å². The Labute approximate surface area is 131 Å². The Balaban J connectivity index is 1.58. The van der Waals surface area contributed by atoms with E-state index in [9.17, 15) is 9.59 Å². The van der Waals surface area contributed by atoms with Gasteiger partial charge in [0.25, 0.3) is 11.8 Å². The average molecular weight is 316 g/mol. The van der Waals surface area contributed by atoms with Gasteiger partial charge in [-0.2, -0.15) is 5.10 Å². The summed E-state index contributed by atoms with van der Waals surface area (Å²) in [7, 11) is 1.83. The SMILES string of the molecule is Cn1nc(C(=O)NC2CC2)c2c1CN(C(=O)c1cccs1)C2. The molecule has 1 fully saturated rings. The smallest absolute Gasteiger partial charge is 0.272 e. The van der Waals surface area contributed by atoms with E-state index in [1.165, 1.54) is 11.3 Å². The zero-order valence-corrected chi connectivity index (χ0v) is 13.0. The number of carbonyl (C=O) groups is 2. The zero-order valence-electron chi connectivity index (χ0n) is 12.2. The van der Waals surface area contributed by atoms with E-state index in [1.54, 1.807) is 9.58 Å². The predicted molar refractivity (Wildman–Crippen MR) is 81.6 cm³/mol. The van der Waals surface area contributed by atoms with E-state index in [0.29, 0.717) is 24.8 Å². The summed E-state index contributed by atoms with van der Waals surface area (Å²) in [6, 6.07) is 4.00. The minimum atomic E-state index is -0.121. The third-order valence-corrected chi connectivity index (χ3v) is 4.97. The molecule has 2 amide bonds. The van der Waals surface area contributed by atoms with Crippen LogP contribution >= 0.6 is 11.3 Å². The fraction of sp³-hybridized carbons (Fsp3) is 0.400. The topological polar surface area (TPSA) is 67.2 Å². The molecule has 1 saturated carbocycles. The van der Waals surface area contributed by atoms with Crippen molar-refractivity contribution in [1.29, 1.82) is 0 Å². The van der Waals surface area contributed by atoms with Gasteiger partial charge in [-0.3, -0.25) is 14.3 Å². The average Bonchev–Trinajstić information content (AvgIpc) is 2.97. The highest BCUT2D eigenvalue weighted by atomic mass is 32.1. The maximum atomic E-state index is 12.5. The van der Waals surface area contributed by atoms with Gasteiger partial charge < -0.3 is 10.2 Å². The highest BCUT2D eigenvalue weighted by Gasteiger charge is 2.34. The first-order chi connectivity index (χ1) is 10.6. The van der Waals surface area contributed by atoms with Crippen LogP contribution in [0.1, 0.15) is 44.3 Å². The van der Waals surface area contributed by atoms with Crippen LogP contribution in [0.4, 0.5) is 0 Å². The number of aromatic nitrogens is 2. The molecule has 0 bridgehead atoms. The number of carbonyl (C=O) groups excluding carboxylic acids is 2. The molecule has 1 aliphatic heterocycles. The standard InChI is InChI=1S/C15H16N4O2S/c1-18-11-8-19(15(21)12-3-2-6-22-12)7-10(11)13(17-18)14(20)16-9-4-5-9/h2-3,6,9H,4-5,7-8H2,1H3,(H,16,20). The van der Waals surface area contributed by atoms with Crippen molar-refractivity contribution in [1.82, 2.24) is 20.0 Å². The molecule has 4 rings (SSSR count). The van der Waals surface area contributed by atoms with Crippen LogP contribution in [0.25, 0.3) is 0 Å². The molecule has 2 aromatic rings. The van der Waals surface area contributed by atoms with Gasteiger partial charge in [-0.15, -0.1) is 11.3 Å². The lowest BCUT2D eigenvalue weighted by Gasteiger charge is -2.15. The molecule has 22 heavy (non-hydrogen) atoms. The molecule has 6 nitrogen and oxygen atoms in total. The normalized spacial score (nSPS) is 16.7. The fourth-order valence-electron chi connectivity index (χ4n) is 2.76. The third kappa shape index (κ3) is 2.21. The maximum Gasteiger partial charge on any atom is 0.272 e. The summed E-state index contributed by atoms with van der Waals surface area (Å²) >= 11 is 1.44. The van der Waals surface area contributed by atoms with Crippen molar-refractivity contribution in [2.24, 2.45) is 7.05 Å². The Morgan fingerprint density at radius 3 is 2.86 bits per heavy atom. The van der Waals surface area contributed by atoms with Crippen LogP contribution in [-0.4, -0.2) is 32.5 Å². The van der Waals surface area contributed by atoms with Gasteiger partial charge in [0.05, 0.1) is 23.7 Å². The second-order valence-electron chi connectivity index (χ2n) is 5.78. The number of amides is 2. The highest BCUT2D eigenvalue weighted by Crippen LogP contribution is 2.28. The number of hydrogen-bond donors (Lipinski definition) is 1. The summed E-state index contributed by atoms with van der Waals surface area (Å²) < 4.78 is 1.72. The van der Waals surface area contributed by atoms with Crippen molar-refractivity contribution in [2.75, 3.05) is 0 Å². The monoisotopic (exact) mass is 316 g/mol. The van der Waals surface area contributed by atoms with Gasteiger partial charge in [0, 0.05) is 18.7 Å². The molecule has 0 aromatic carbocycles. The van der Waals surface area contributed by atoms with Crippen LogP contribution < -0.4 is 5.32 Å². The van der Waals surface area contributed by atoms with E-state index in [0.717, 1.165) is 29.0 Å². The van der Waals surface area contributed by atoms with Crippen molar-refractivity contribution in [3.8, 4) is 0 Å². The molecule has 0 spiro atoms. The molecule has 1 N–H and O–H groups in total. The van der Waals surface area contributed by atoms with Gasteiger partial charge in [-0.25, -0.2) is 0 Å². The van der Waals surface area contributed by atoms with E-state index in [1.807, 2.05) is 24.6 Å². The molecule has 0 radical (unpaired) electrons. The molecule has 2 aliphatic rings. The van der Waals surface area contributed by atoms with Gasteiger partial charge in [0.15, 0.2) is 5.69 Å². The number of thiophene rings is 1. The second kappa shape index (κ2) is 4.95. The number of fused-ring (bicyclic) bond motifs is 1. The molecule has 0 saturated heterocycles. The fourth-order valence-corrected chi connectivity index (χ4v) is 3.45. The lowest BCUT2D eigenvalue weighted by molar-refractivity contribution is 0.0750. The van der Waals surface area contributed by atoms with Crippen molar-refractivity contribution >= 4 is 23.2 Å². The Hall–Kier alpha value is -2.15. The number of nitrogens with one attached hydrogen (secondary N) is 1. The van der Waals surface area contributed by atoms with Gasteiger partial charge in [0.1, 0.15) is 0 Å². The van der Waals surface area contributed by atoms with E-state index in [2.05, 4.69) is 10.4 Å². The maximum absolute atomic E-state index is 12.5. The summed E-state index contributed by atoms with van der Waals surface area (Å²) in [6.45, 7) is 0.958. The molecule has 3 heterocycles. The molecule has 0 atom stereocenters. The van der Waals surface area contributed by atoms with Crippen molar-refractivity contribution < 1.29 is 9.59 Å². The molecule has 2 aromatic heterocycles. The largest absolute Gasteiger partial charge is 0.348 e. The molecule has 1 aliphatic carbocycles. The molecule has 114 valence electrons. The van der Waals surface area contributed by atoms with Gasteiger partial charge in [-0.1, -0.05) is 6.07 Å². The Kier molecular flexibility index (Phi) is 3.04. The zero-order chi connectivity index (χ0) is 15.3. The van der Waals surface area contributed by atoms with E-state index in [-0.39, 0.29) is 11.8 Å². The first-order valence-corrected chi connectivity index (χ1v) is 8.20. The van der Waals surface area contributed by atoms with Gasteiger partial charge in [0.2, 0.25) is 0 Å². The van der Waals surface area contributed by atoms with Crippen LogP contribution in [0.15, 0.2) is 17.5 Å². The van der Waals surface area contributed by atoms with Crippen LogP contribution in [0.3, 0.4) is 0 Å². The van der Waals surface area contributed by atoms with Gasteiger partial charge >= 0.3 is 0 Å². The van der Waals surface area contributed by atoms with E-state index < -0.39 is 0 Å². The Morgan fingerprint density at radius 1 is 1.36 bits per heavy atom. The van der Waals surface area contributed by atoms with Gasteiger partial charge in [-0.05, 0) is 24.3 Å². The number of nitrogens with zero attached hydrogens (tertiary/aromatic N) is 3. The number of rotatable bonds is 3. The first kappa shape index (κ1) is 13.5. The summed E-state index contributed by atoms with van der Waals surface area (Å²) in [6.07, 6.45) is 2.09. The minimum Gasteiger partial charge on any atom is -0.348 e. The highest BCUT2D eigenvalue weighted by molar-refractivity contribution is 7.12. The van der Waals surface area contributed by atoms with Crippen molar-refractivity contribution in [3.63, 3.8) is 0 Å². The molecular weight excluding hydrogens is 300 g/mol. The quantitative estimate of drug-likeness (QED) is 0.934. The summed E-state index contributed by atoms with van der Waals surface area (Å²) in [4.78, 5) is 27.2. The number of aryl methyl sites for hydroxylation is 1. The molecular formula is C15H16N4O2S. The lowest BCUT2D eigenvalue weighted by atomic mass is 10.2. The van der Waals surface area contributed by atoms with Crippen LogP contribution in [-0.2, 0) is 20.1 Å². The minimum absolute atomic E-state index is 0.0137. The molecule has 7 heteroatoms. The molecule has 0 unspecified atom stereocenters. The predicted octanol–water partition coefficient (Wildman–Crippen LogP) is 1.53. The van der Waals surface area contributed by atoms with E-state index >= 15 is 0 Å². The van der Waals surface area contributed by atoms with Crippen LogP contribution in [0.2, 0.25) is 0 Å². The van der Waals surface area contributed by atoms with Crippen molar-refractivity contribution in [2.45, 2.75) is 32.0 Å². The summed E-state index contributed by atoms with van der Waals surface area (Å²) in [5.41, 5.74) is 2.29. The number of hydrogen-bond acceptors (Lipinski definition) is 4. The van der Waals surface area contributed by atoms with Crippen LogP contribution in [0, 0.1) is 0 Å². The Morgan fingerprint density at radius 2 is 2.18 bits per heavy atom. The summed E-state index contributed by atoms with van der Waals surface area (Å²) in [5, 5.41) is 9.20. The second-order valence-corrected chi connectivity index (χ2v) is 6.73. The third-order valence-electron chi connectivity index (χ3n) is 4.11. The van der Waals surface area contributed by atoms with Crippen LogP contribution in [0.5, 0.6) is 0 Å².